The zero-order valence-corrected chi connectivity index (χ0v) is 17.6. The Hall–Kier alpha value is -2.48. The molecule has 29 heavy (non-hydrogen) atoms. The van der Waals surface area contributed by atoms with E-state index in [0.29, 0.717) is 5.92 Å². The highest BCUT2D eigenvalue weighted by Gasteiger charge is 2.19. The van der Waals surface area contributed by atoms with E-state index in [-0.39, 0.29) is 0 Å². The molecule has 1 saturated carbocycles. The first-order valence-corrected chi connectivity index (χ1v) is 11.3. The average Bonchev–Trinajstić information content (AvgIpc) is 2.80. The zero-order valence-electron chi connectivity index (χ0n) is 17.6. The summed E-state index contributed by atoms with van der Waals surface area (Å²) in [6.45, 7) is 2.20. The predicted molar refractivity (Wildman–Crippen MR) is 121 cm³/mol. The Morgan fingerprint density at radius 1 is 0.793 bits per heavy atom. The molecule has 0 N–H and O–H groups in total. The molecule has 2 nitrogen and oxygen atoms in total. The molecular formula is C27H32N2. The fourth-order valence-corrected chi connectivity index (χ4v) is 4.37. The van der Waals surface area contributed by atoms with Gasteiger partial charge in [-0.25, -0.2) is 9.97 Å². The molecular weight excluding hydrogens is 352 g/mol. The minimum atomic E-state index is 0.534. The number of hydrogen-bond donors (Lipinski definition) is 0. The molecule has 4 rings (SSSR count). The lowest BCUT2D eigenvalue weighted by atomic mass is 9.88. The first-order valence-electron chi connectivity index (χ1n) is 11.3. The Morgan fingerprint density at radius 3 is 2.28 bits per heavy atom. The predicted octanol–water partition coefficient (Wildman–Crippen LogP) is 6.93. The summed E-state index contributed by atoms with van der Waals surface area (Å²) in [6.07, 6.45) is 10.8. The van der Waals surface area contributed by atoms with Crippen LogP contribution >= 0.6 is 0 Å². The first-order chi connectivity index (χ1) is 14.3. The molecule has 2 aromatic carbocycles. The average molecular weight is 385 g/mol. The highest BCUT2D eigenvalue weighted by Crippen LogP contribution is 2.32. The van der Waals surface area contributed by atoms with Crippen molar-refractivity contribution >= 4 is 0 Å². The van der Waals surface area contributed by atoms with Crippen molar-refractivity contribution in [3.63, 3.8) is 0 Å². The largest absolute Gasteiger partial charge is 0.238 e. The van der Waals surface area contributed by atoms with Gasteiger partial charge in [0.05, 0.1) is 5.69 Å². The van der Waals surface area contributed by atoms with Gasteiger partial charge in [0.2, 0.25) is 0 Å². The first kappa shape index (κ1) is 19.8. The number of aromatic nitrogens is 2. The molecule has 0 amide bonds. The van der Waals surface area contributed by atoms with Gasteiger partial charge in [-0.15, -0.1) is 0 Å². The smallest absolute Gasteiger partial charge is 0.132 e. The molecule has 150 valence electrons. The van der Waals surface area contributed by atoms with Crippen molar-refractivity contribution in [1.82, 2.24) is 9.97 Å². The van der Waals surface area contributed by atoms with Gasteiger partial charge in [0.15, 0.2) is 0 Å². The monoisotopic (exact) mass is 384 g/mol. The molecule has 1 aliphatic rings. The number of hydrogen-bond acceptors (Lipinski definition) is 2. The molecule has 0 spiro atoms. The topological polar surface area (TPSA) is 25.8 Å². The molecule has 0 radical (unpaired) electrons. The van der Waals surface area contributed by atoms with Crippen LogP contribution < -0.4 is 0 Å². The summed E-state index contributed by atoms with van der Waals surface area (Å²) >= 11 is 0. The Morgan fingerprint density at radius 2 is 1.55 bits per heavy atom. The number of benzene rings is 2. The molecule has 0 atom stereocenters. The van der Waals surface area contributed by atoms with Crippen molar-refractivity contribution in [2.45, 2.75) is 70.6 Å². The lowest BCUT2D eigenvalue weighted by molar-refractivity contribution is 0.428. The molecule has 2 heteroatoms. The van der Waals surface area contributed by atoms with Gasteiger partial charge in [-0.05, 0) is 55.7 Å². The molecule has 0 aliphatic heterocycles. The lowest BCUT2D eigenvalue weighted by Crippen LogP contribution is -2.11. The fourth-order valence-electron chi connectivity index (χ4n) is 4.37. The van der Waals surface area contributed by atoms with E-state index in [1.165, 1.54) is 54.5 Å². The third kappa shape index (κ3) is 5.32. The normalized spacial score (nSPS) is 14.8. The maximum Gasteiger partial charge on any atom is 0.132 e. The maximum absolute atomic E-state index is 5.04. The Bertz CT molecular complexity index is 894. The van der Waals surface area contributed by atoms with Crippen LogP contribution in [0.15, 0.2) is 60.7 Å². The molecule has 1 aromatic heterocycles. The maximum atomic E-state index is 5.04. The standard InChI is InChI=1S/C27H32N2/c1-2-21-16-18-23(19-17-21)26-20-25(15-9-12-22-10-5-3-6-11-22)28-27(29-26)24-13-7-4-8-14-24/h3,5-6,10-11,16-20,24H,2,4,7-9,12-15H2,1H3. The van der Waals surface area contributed by atoms with Gasteiger partial charge >= 0.3 is 0 Å². The van der Waals surface area contributed by atoms with Gasteiger partial charge in [0.1, 0.15) is 5.82 Å². The number of rotatable bonds is 7. The van der Waals surface area contributed by atoms with Gasteiger partial charge in [0, 0.05) is 17.2 Å². The van der Waals surface area contributed by atoms with Crippen LogP contribution in [0.5, 0.6) is 0 Å². The van der Waals surface area contributed by atoms with Crippen molar-refractivity contribution in [2.75, 3.05) is 0 Å². The summed E-state index contributed by atoms with van der Waals surface area (Å²) < 4.78 is 0. The van der Waals surface area contributed by atoms with Gasteiger partial charge in [0.25, 0.3) is 0 Å². The van der Waals surface area contributed by atoms with Crippen LogP contribution in [0.4, 0.5) is 0 Å². The van der Waals surface area contributed by atoms with Crippen LogP contribution in [0.2, 0.25) is 0 Å². The molecule has 0 saturated heterocycles. The lowest BCUT2D eigenvalue weighted by Gasteiger charge is -2.21. The number of nitrogens with zero attached hydrogens (tertiary/aromatic N) is 2. The minimum Gasteiger partial charge on any atom is -0.238 e. The second-order valence-electron chi connectivity index (χ2n) is 8.33. The summed E-state index contributed by atoms with van der Waals surface area (Å²) in [5.41, 5.74) is 6.29. The molecule has 0 bridgehead atoms. The molecule has 1 fully saturated rings. The Kier molecular flexibility index (Phi) is 6.71. The van der Waals surface area contributed by atoms with E-state index in [4.69, 9.17) is 9.97 Å². The van der Waals surface area contributed by atoms with Gasteiger partial charge in [-0.3, -0.25) is 0 Å². The summed E-state index contributed by atoms with van der Waals surface area (Å²) in [7, 11) is 0. The SMILES string of the molecule is CCc1ccc(-c2cc(CCCc3ccccc3)nc(C3CCCCC3)n2)cc1. The van der Waals surface area contributed by atoms with Gasteiger partial charge in [-0.1, -0.05) is 80.8 Å². The van der Waals surface area contributed by atoms with E-state index in [9.17, 15) is 0 Å². The molecule has 0 unspecified atom stereocenters. The van der Waals surface area contributed by atoms with E-state index in [0.717, 1.165) is 37.2 Å². The number of aryl methyl sites for hydroxylation is 3. The van der Waals surface area contributed by atoms with Gasteiger partial charge in [-0.2, -0.15) is 0 Å². The third-order valence-corrected chi connectivity index (χ3v) is 6.17. The van der Waals surface area contributed by atoms with Crippen LogP contribution in [0, 0.1) is 0 Å². The fraction of sp³-hybridized carbons (Fsp3) is 0.407. The Balaban J connectivity index is 1.56. The van der Waals surface area contributed by atoms with E-state index >= 15 is 0 Å². The van der Waals surface area contributed by atoms with Crippen molar-refractivity contribution in [2.24, 2.45) is 0 Å². The van der Waals surface area contributed by atoms with Crippen LogP contribution in [-0.4, -0.2) is 9.97 Å². The summed E-state index contributed by atoms with van der Waals surface area (Å²) in [5.74, 6) is 1.61. The van der Waals surface area contributed by atoms with E-state index in [1.807, 2.05) is 0 Å². The van der Waals surface area contributed by atoms with E-state index < -0.39 is 0 Å². The summed E-state index contributed by atoms with van der Waals surface area (Å²) in [6, 6.07) is 21.9. The van der Waals surface area contributed by atoms with E-state index in [1.54, 1.807) is 0 Å². The Labute approximate surface area is 175 Å². The van der Waals surface area contributed by atoms with Crippen LogP contribution in [-0.2, 0) is 19.3 Å². The highest BCUT2D eigenvalue weighted by atomic mass is 14.9. The summed E-state index contributed by atoms with van der Waals surface area (Å²) in [4.78, 5) is 10.1. The summed E-state index contributed by atoms with van der Waals surface area (Å²) in [5, 5.41) is 0. The van der Waals surface area contributed by atoms with Crippen molar-refractivity contribution in [3.8, 4) is 11.3 Å². The van der Waals surface area contributed by atoms with Crippen LogP contribution in [0.1, 0.15) is 74.0 Å². The third-order valence-electron chi connectivity index (χ3n) is 6.17. The molecule has 1 heterocycles. The molecule has 3 aromatic rings. The second-order valence-corrected chi connectivity index (χ2v) is 8.33. The van der Waals surface area contributed by atoms with Crippen molar-refractivity contribution in [3.05, 3.63) is 83.3 Å². The zero-order chi connectivity index (χ0) is 19.9. The molecule has 1 aliphatic carbocycles. The highest BCUT2D eigenvalue weighted by molar-refractivity contribution is 5.60. The quantitative estimate of drug-likeness (QED) is 0.441. The van der Waals surface area contributed by atoms with Gasteiger partial charge < -0.3 is 0 Å². The second kappa shape index (κ2) is 9.82. The van der Waals surface area contributed by atoms with Crippen molar-refractivity contribution in [1.29, 1.82) is 0 Å². The van der Waals surface area contributed by atoms with Crippen LogP contribution in [0.3, 0.4) is 0 Å². The minimum absolute atomic E-state index is 0.534. The van der Waals surface area contributed by atoms with E-state index in [2.05, 4.69) is 67.6 Å². The van der Waals surface area contributed by atoms with Crippen molar-refractivity contribution < 1.29 is 0 Å². The van der Waals surface area contributed by atoms with Crippen LogP contribution in [0.25, 0.3) is 11.3 Å².